The van der Waals surface area contributed by atoms with Gasteiger partial charge in [0.05, 0.1) is 11.7 Å². The summed E-state index contributed by atoms with van der Waals surface area (Å²) in [6, 6.07) is 12.7. The maximum absolute atomic E-state index is 13.3. The molecule has 1 unspecified atom stereocenters. The maximum Gasteiger partial charge on any atom is 0.263 e. The summed E-state index contributed by atoms with van der Waals surface area (Å²) in [5, 5.41) is 5.12. The van der Waals surface area contributed by atoms with Crippen molar-refractivity contribution >= 4 is 33.1 Å². The molecule has 1 amide bonds. The van der Waals surface area contributed by atoms with E-state index in [1.807, 2.05) is 36.6 Å². The molecule has 0 aliphatic heterocycles. The SMILES string of the molecule is Cc1ccccc1NC(=O)C(C)n1cnc2scc(-c3ccc(F)cc3)c2c1=O. The standard InChI is InChI=1S/C22H18FN3O2S/c1-13-5-3-4-6-18(13)25-20(27)14(2)26-12-24-21-19(22(26)28)17(11-29-21)15-7-9-16(23)10-8-15/h3-12,14H,1-2H3,(H,25,27). The number of nitrogens with one attached hydrogen (secondary N) is 1. The van der Waals surface area contributed by atoms with Crippen LogP contribution in [-0.4, -0.2) is 15.5 Å². The van der Waals surface area contributed by atoms with Crippen LogP contribution in [-0.2, 0) is 4.79 Å². The van der Waals surface area contributed by atoms with Crippen molar-refractivity contribution < 1.29 is 9.18 Å². The lowest BCUT2D eigenvalue weighted by Gasteiger charge is -2.16. The van der Waals surface area contributed by atoms with Gasteiger partial charge in [-0.15, -0.1) is 11.3 Å². The Kier molecular flexibility index (Phi) is 4.98. The fourth-order valence-corrected chi connectivity index (χ4v) is 4.05. The average molecular weight is 407 g/mol. The van der Waals surface area contributed by atoms with Gasteiger partial charge in [0.15, 0.2) is 0 Å². The molecule has 0 saturated heterocycles. The number of fused-ring (bicyclic) bond motifs is 1. The quantitative estimate of drug-likeness (QED) is 0.530. The Morgan fingerprint density at radius 2 is 1.90 bits per heavy atom. The molecule has 4 aromatic rings. The third kappa shape index (κ3) is 3.56. The van der Waals surface area contributed by atoms with E-state index in [0.29, 0.717) is 21.5 Å². The highest BCUT2D eigenvalue weighted by molar-refractivity contribution is 7.17. The number of benzene rings is 2. The highest BCUT2D eigenvalue weighted by Crippen LogP contribution is 2.31. The zero-order valence-corrected chi connectivity index (χ0v) is 16.7. The first-order valence-electron chi connectivity index (χ1n) is 9.06. The Bertz CT molecular complexity index is 1260. The Morgan fingerprint density at radius 3 is 2.62 bits per heavy atom. The fraction of sp³-hybridized carbons (Fsp3) is 0.136. The summed E-state index contributed by atoms with van der Waals surface area (Å²) < 4.78 is 14.6. The van der Waals surface area contributed by atoms with Crippen LogP contribution in [0.2, 0.25) is 0 Å². The molecule has 2 aromatic heterocycles. The van der Waals surface area contributed by atoms with E-state index in [9.17, 15) is 14.0 Å². The van der Waals surface area contributed by atoms with Crippen LogP contribution < -0.4 is 10.9 Å². The predicted octanol–water partition coefficient (Wildman–Crippen LogP) is 4.77. The topological polar surface area (TPSA) is 64.0 Å². The molecule has 0 spiro atoms. The number of amides is 1. The van der Waals surface area contributed by atoms with Crippen LogP contribution in [0, 0.1) is 12.7 Å². The molecular weight excluding hydrogens is 389 g/mol. The smallest absolute Gasteiger partial charge is 0.263 e. The van der Waals surface area contributed by atoms with Gasteiger partial charge in [0, 0.05) is 16.6 Å². The monoisotopic (exact) mass is 407 g/mol. The second-order valence-corrected chi connectivity index (χ2v) is 7.63. The number of aromatic nitrogens is 2. The maximum atomic E-state index is 13.3. The first-order chi connectivity index (χ1) is 14.0. The summed E-state index contributed by atoms with van der Waals surface area (Å²) >= 11 is 1.34. The van der Waals surface area contributed by atoms with E-state index in [1.165, 1.54) is 34.4 Å². The third-order valence-electron chi connectivity index (χ3n) is 4.87. The van der Waals surface area contributed by atoms with Gasteiger partial charge in [0.1, 0.15) is 16.7 Å². The summed E-state index contributed by atoms with van der Waals surface area (Å²) in [6.07, 6.45) is 1.40. The number of para-hydroxylation sites is 1. The number of thiophene rings is 1. The van der Waals surface area contributed by atoms with Crippen molar-refractivity contribution in [2.24, 2.45) is 0 Å². The molecule has 146 valence electrons. The summed E-state index contributed by atoms with van der Waals surface area (Å²) in [5.74, 6) is -0.647. The van der Waals surface area contributed by atoms with Crippen LogP contribution in [0.15, 0.2) is 65.0 Å². The number of hydrogen-bond acceptors (Lipinski definition) is 4. The first-order valence-corrected chi connectivity index (χ1v) is 9.94. The number of halogens is 1. The Labute approximate surface area is 170 Å². The van der Waals surface area contributed by atoms with E-state index in [2.05, 4.69) is 10.3 Å². The molecule has 0 aliphatic carbocycles. The molecule has 29 heavy (non-hydrogen) atoms. The highest BCUT2D eigenvalue weighted by Gasteiger charge is 2.20. The van der Waals surface area contributed by atoms with Gasteiger partial charge in [0.2, 0.25) is 5.91 Å². The van der Waals surface area contributed by atoms with Gasteiger partial charge in [-0.2, -0.15) is 0 Å². The number of nitrogens with zero attached hydrogens (tertiary/aromatic N) is 2. The van der Waals surface area contributed by atoms with E-state index in [-0.39, 0.29) is 17.3 Å². The molecular formula is C22H18FN3O2S. The average Bonchev–Trinajstić information content (AvgIpc) is 3.15. The Balaban J connectivity index is 1.72. The van der Waals surface area contributed by atoms with E-state index in [1.54, 1.807) is 19.1 Å². The van der Waals surface area contributed by atoms with Crippen LogP contribution in [0.25, 0.3) is 21.3 Å². The van der Waals surface area contributed by atoms with Crippen molar-refractivity contribution in [3.8, 4) is 11.1 Å². The lowest BCUT2D eigenvalue weighted by atomic mass is 10.1. The Hall–Kier alpha value is -3.32. The molecule has 0 aliphatic rings. The van der Waals surface area contributed by atoms with Gasteiger partial charge in [-0.1, -0.05) is 30.3 Å². The number of aryl methyl sites for hydroxylation is 1. The second-order valence-electron chi connectivity index (χ2n) is 6.77. The first kappa shape index (κ1) is 19.0. The van der Waals surface area contributed by atoms with E-state index in [0.717, 1.165) is 11.1 Å². The van der Waals surface area contributed by atoms with Gasteiger partial charge in [-0.3, -0.25) is 14.2 Å². The van der Waals surface area contributed by atoms with Gasteiger partial charge in [-0.25, -0.2) is 9.37 Å². The van der Waals surface area contributed by atoms with E-state index < -0.39 is 6.04 Å². The van der Waals surface area contributed by atoms with Crippen molar-refractivity contribution in [1.82, 2.24) is 9.55 Å². The molecule has 0 fully saturated rings. The van der Waals surface area contributed by atoms with Gasteiger partial charge in [0.25, 0.3) is 5.56 Å². The molecule has 2 aromatic carbocycles. The van der Waals surface area contributed by atoms with Crippen molar-refractivity contribution in [1.29, 1.82) is 0 Å². The summed E-state index contributed by atoms with van der Waals surface area (Å²) in [7, 11) is 0. The molecule has 4 rings (SSSR count). The third-order valence-corrected chi connectivity index (χ3v) is 5.76. The van der Waals surface area contributed by atoms with Gasteiger partial charge in [-0.05, 0) is 43.2 Å². The molecule has 2 heterocycles. The minimum Gasteiger partial charge on any atom is -0.324 e. The summed E-state index contributed by atoms with van der Waals surface area (Å²) in [5.41, 5.74) is 2.75. The molecule has 0 radical (unpaired) electrons. The Morgan fingerprint density at radius 1 is 1.17 bits per heavy atom. The lowest BCUT2D eigenvalue weighted by Crippen LogP contribution is -2.31. The zero-order chi connectivity index (χ0) is 20.5. The minimum absolute atomic E-state index is 0.303. The van der Waals surface area contributed by atoms with Crippen LogP contribution in [0.4, 0.5) is 10.1 Å². The van der Waals surface area contributed by atoms with Crippen molar-refractivity contribution in [3.63, 3.8) is 0 Å². The molecule has 5 nitrogen and oxygen atoms in total. The largest absolute Gasteiger partial charge is 0.324 e. The predicted molar refractivity (Wildman–Crippen MR) is 114 cm³/mol. The van der Waals surface area contributed by atoms with E-state index >= 15 is 0 Å². The van der Waals surface area contributed by atoms with Crippen LogP contribution in [0.1, 0.15) is 18.5 Å². The highest BCUT2D eigenvalue weighted by atomic mass is 32.1. The molecule has 1 atom stereocenters. The van der Waals surface area contributed by atoms with Gasteiger partial charge < -0.3 is 5.32 Å². The van der Waals surface area contributed by atoms with Crippen molar-refractivity contribution in [3.05, 3.63) is 82.0 Å². The molecule has 0 bridgehead atoms. The zero-order valence-electron chi connectivity index (χ0n) is 15.8. The van der Waals surface area contributed by atoms with Crippen LogP contribution in [0.5, 0.6) is 0 Å². The van der Waals surface area contributed by atoms with Crippen LogP contribution >= 0.6 is 11.3 Å². The van der Waals surface area contributed by atoms with Crippen LogP contribution in [0.3, 0.4) is 0 Å². The number of hydrogen-bond donors (Lipinski definition) is 1. The van der Waals surface area contributed by atoms with E-state index in [4.69, 9.17) is 0 Å². The molecule has 1 N–H and O–H groups in total. The minimum atomic E-state index is -0.750. The summed E-state index contributed by atoms with van der Waals surface area (Å²) in [6.45, 7) is 3.56. The second kappa shape index (κ2) is 7.60. The fourth-order valence-electron chi connectivity index (χ4n) is 3.14. The normalized spacial score (nSPS) is 12.1. The lowest BCUT2D eigenvalue weighted by molar-refractivity contribution is -0.118. The molecule has 0 saturated carbocycles. The summed E-state index contributed by atoms with van der Waals surface area (Å²) in [4.78, 5) is 30.9. The van der Waals surface area contributed by atoms with Gasteiger partial charge >= 0.3 is 0 Å². The van der Waals surface area contributed by atoms with Crippen molar-refractivity contribution in [2.45, 2.75) is 19.9 Å². The van der Waals surface area contributed by atoms with Crippen molar-refractivity contribution in [2.75, 3.05) is 5.32 Å². The molecule has 7 heteroatoms. The number of carbonyl (C=O) groups excluding carboxylic acids is 1. The number of anilines is 1. The number of rotatable bonds is 4. The number of carbonyl (C=O) groups is 1.